The lowest BCUT2D eigenvalue weighted by Crippen LogP contribution is -2.40. The van der Waals surface area contributed by atoms with Crippen molar-refractivity contribution in [2.45, 2.75) is 26.8 Å². The number of ether oxygens (including phenoxy) is 1. The number of anilines is 1. The molecule has 0 unspecified atom stereocenters. The molecule has 0 aliphatic heterocycles. The standard InChI is InChI=1S/C14H19NO3/c1-4-18-14(17)13(10(2)11(3)16)15-12-8-6-5-7-9-12/h5-10,13,15H,4H2,1-3H3/t10-,13+/m1/s1. The summed E-state index contributed by atoms with van der Waals surface area (Å²) in [5.74, 6) is -0.871. The molecule has 98 valence electrons. The number of Topliss-reactive ketones (excluding diaryl/α,β-unsaturated/α-hetero) is 1. The molecule has 0 fully saturated rings. The van der Waals surface area contributed by atoms with E-state index in [9.17, 15) is 9.59 Å². The van der Waals surface area contributed by atoms with Crippen LogP contribution in [-0.2, 0) is 14.3 Å². The molecule has 1 rings (SSSR count). The molecular formula is C14H19NO3. The highest BCUT2D eigenvalue weighted by molar-refractivity contribution is 5.89. The monoisotopic (exact) mass is 249 g/mol. The Hall–Kier alpha value is -1.84. The van der Waals surface area contributed by atoms with Crippen molar-refractivity contribution >= 4 is 17.4 Å². The second-order valence-corrected chi connectivity index (χ2v) is 4.14. The fourth-order valence-corrected chi connectivity index (χ4v) is 1.57. The van der Waals surface area contributed by atoms with E-state index >= 15 is 0 Å². The summed E-state index contributed by atoms with van der Waals surface area (Å²) in [4.78, 5) is 23.3. The summed E-state index contributed by atoms with van der Waals surface area (Å²) >= 11 is 0. The van der Waals surface area contributed by atoms with Crippen LogP contribution in [0.3, 0.4) is 0 Å². The third-order valence-electron chi connectivity index (χ3n) is 2.78. The van der Waals surface area contributed by atoms with Gasteiger partial charge in [-0.05, 0) is 26.0 Å². The zero-order chi connectivity index (χ0) is 13.5. The Balaban J connectivity index is 2.84. The van der Waals surface area contributed by atoms with Crippen LogP contribution in [-0.4, -0.2) is 24.4 Å². The van der Waals surface area contributed by atoms with E-state index < -0.39 is 17.9 Å². The number of hydrogen-bond donors (Lipinski definition) is 1. The van der Waals surface area contributed by atoms with Crippen LogP contribution in [0.2, 0.25) is 0 Å². The van der Waals surface area contributed by atoms with E-state index in [0.717, 1.165) is 5.69 Å². The van der Waals surface area contributed by atoms with Gasteiger partial charge in [0, 0.05) is 11.6 Å². The molecular weight excluding hydrogens is 230 g/mol. The number of ketones is 1. The molecule has 4 heteroatoms. The van der Waals surface area contributed by atoms with Gasteiger partial charge in [-0.1, -0.05) is 25.1 Å². The zero-order valence-electron chi connectivity index (χ0n) is 11.0. The highest BCUT2D eigenvalue weighted by Gasteiger charge is 2.29. The van der Waals surface area contributed by atoms with E-state index in [2.05, 4.69) is 5.32 Å². The van der Waals surface area contributed by atoms with Crippen LogP contribution in [0, 0.1) is 5.92 Å². The van der Waals surface area contributed by atoms with Gasteiger partial charge in [-0.3, -0.25) is 4.79 Å². The molecule has 0 aromatic heterocycles. The van der Waals surface area contributed by atoms with Gasteiger partial charge in [0.25, 0.3) is 0 Å². The number of carbonyl (C=O) groups excluding carboxylic acids is 2. The third kappa shape index (κ3) is 3.87. The quantitative estimate of drug-likeness (QED) is 0.786. The van der Waals surface area contributed by atoms with Crippen LogP contribution in [0.15, 0.2) is 30.3 Å². The molecule has 0 radical (unpaired) electrons. The van der Waals surface area contributed by atoms with Crippen molar-refractivity contribution in [2.75, 3.05) is 11.9 Å². The molecule has 1 N–H and O–H groups in total. The highest BCUT2D eigenvalue weighted by atomic mass is 16.5. The van der Waals surface area contributed by atoms with Crippen molar-refractivity contribution in [1.29, 1.82) is 0 Å². The summed E-state index contributed by atoms with van der Waals surface area (Å²) in [6, 6.07) is 8.66. The van der Waals surface area contributed by atoms with Crippen LogP contribution in [0.5, 0.6) is 0 Å². The summed E-state index contributed by atoms with van der Waals surface area (Å²) in [5, 5.41) is 3.05. The second kappa shape index (κ2) is 6.79. The number of hydrogen-bond acceptors (Lipinski definition) is 4. The maximum Gasteiger partial charge on any atom is 0.329 e. The minimum absolute atomic E-state index is 0.0449. The maximum absolute atomic E-state index is 11.9. The van der Waals surface area contributed by atoms with E-state index in [1.807, 2.05) is 30.3 Å². The van der Waals surface area contributed by atoms with Crippen LogP contribution >= 0.6 is 0 Å². The maximum atomic E-state index is 11.9. The van der Waals surface area contributed by atoms with E-state index in [1.54, 1.807) is 13.8 Å². The lowest BCUT2D eigenvalue weighted by Gasteiger charge is -2.22. The number of carbonyl (C=O) groups is 2. The summed E-state index contributed by atoms with van der Waals surface area (Å²) in [6.07, 6.45) is 0. The van der Waals surface area contributed by atoms with E-state index in [-0.39, 0.29) is 5.78 Å². The molecule has 1 aromatic carbocycles. The molecule has 0 spiro atoms. The smallest absolute Gasteiger partial charge is 0.329 e. The summed E-state index contributed by atoms with van der Waals surface area (Å²) in [6.45, 7) is 5.25. The topological polar surface area (TPSA) is 55.4 Å². The Morgan fingerprint density at radius 3 is 2.39 bits per heavy atom. The molecule has 0 amide bonds. The van der Waals surface area contributed by atoms with Crippen molar-refractivity contribution in [3.05, 3.63) is 30.3 Å². The summed E-state index contributed by atoms with van der Waals surface area (Å²) < 4.78 is 4.99. The van der Waals surface area contributed by atoms with Gasteiger partial charge < -0.3 is 10.1 Å². The first kappa shape index (κ1) is 14.2. The Morgan fingerprint density at radius 1 is 1.28 bits per heavy atom. The summed E-state index contributed by atoms with van der Waals surface area (Å²) in [7, 11) is 0. The first-order chi connectivity index (χ1) is 8.56. The van der Waals surface area contributed by atoms with Gasteiger partial charge in [0.05, 0.1) is 6.61 Å². The molecule has 1 aromatic rings. The van der Waals surface area contributed by atoms with Crippen molar-refractivity contribution in [2.24, 2.45) is 5.92 Å². The predicted molar refractivity (Wildman–Crippen MR) is 70.3 cm³/mol. The van der Waals surface area contributed by atoms with Gasteiger partial charge in [-0.2, -0.15) is 0 Å². The minimum Gasteiger partial charge on any atom is -0.464 e. The van der Waals surface area contributed by atoms with Crippen LogP contribution in [0.4, 0.5) is 5.69 Å². The molecule has 0 aliphatic carbocycles. The van der Waals surface area contributed by atoms with Gasteiger partial charge in [0.2, 0.25) is 0 Å². The molecule has 0 heterocycles. The van der Waals surface area contributed by atoms with Crippen molar-refractivity contribution in [1.82, 2.24) is 0 Å². The highest BCUT2D eigenvalue weighted by Crippen LogP contribution is 2.14. The number of rotatable bonds is 6. The fourth-order valence-electron chi connectivity index (χ4n) is 1.57. The predicted octanol–water partition coefficient (Wildman–Crippen LogP) is 2.26. The Morgan fingerprint density at radius 2 is 1.89 bits per heavy atom. The van der Waals surface area contributed by atoms with Gasteiger partial charge in [-0.15, -0.1) is 0 Å². The Labute approximate surface area is 107 Å². The first-order valence-corrected chi connectivity index (χ1v) is 6.05. The van der Waals surface area contributed by atoms with Gasteiger partial charge in [0.1, 0.15) is 11.8 Å². The zero-order valence-corrected chi connectivity index (χ0v) is 11.0. The van der Waals surface area contributed by atoms with Crippen molar-refractivity contribution in [3.63, 3.8) is 0 Å². The molecule has 0 saturated heterocycles. The molecule has 2 atom stereocenters. The van der Waals surface area contributed by atoms with Crippen LogP contribution in [0.25, 0.3) is 0 Å². The Bertz CT molecular complexity index is 403. The van der Waals surface area contributed by atoms with Crippen LogP contribution in [0.1, 0.15) is 20.8 Å². The number of benzene rings is 1. The SMILES string of the molecule is CCOC(=O)[C@@H](Nc1ccccc1)[C@H](C)C(C)=O. The summed E-state index contributed by atoms with van der Waals surface area (Å²) in [5.41, 5.74) is 0.795. The largest absolute Gasteiger partial charge is 0.464 e. The van der Waals surface area contributed by atoms with E-state index in [4.69, 9.17) is 4.74 Å². The van der Waals surface area contributed by atoms with Crippen molar-refractivity contribution in [3.8, 4) is 0 Å². The van der Waals surface area contributed by atoms with Gasteiger partial charge >= 0.3 is 5.97 Å². The van der Waals surface area contributed by atoms with Crippen LogP contribution < -0.4 is 5.32 Å². The second-order valence-electron chi connectivity index (χ2n) is 4.14. The normalized spacial score (nSPS) is 13.5. The molecule has 0 saturated carbocycles. The number of para-hydroxylation sites is 1. The first-order valence-electron chi connectivity index (χ1n) is 6.05. The lowest BCUT2D eigenvalue weighted by molar-refractivity contribution is -0.146. The van der Waals surface area contributed by atoms with Gasteiger partial charge in [0.15, 0.2) is 0 Å². The molecule has 0 aliphatic rings. The van der Waals surface area contributed by atoms with Crippen molar-refractivity contribution < 1.29 is 14.3 Å². The average molecular weight is 249 g/mol. The molecule has 0 bridgehead atoms. The Kier molecular flexibility index (Phi) is 5.36. The fraction of sp³-hybridized carbons (Fsp3) is 0.429. The van der Waals surface area contributed by atoms with E-state index in [1.165, 1.54) is 6.92 Å². The average Bonchev–Trinajstić information content (AvgIpc) is 2.36. The molecule has 18 heavy (non-hydrogen) atoms. The minimum atomic E-state index is -0.648. The molecule has 4 nitrogen and oxygen atoms in total. The van der Waals surface area contributed by atoms with Gasteiger partial charge in [-0.25, -0.2) is 4.79 Å². The lowest BCUT2D eigenvalue weighted by atomic mass is 9.97. The number of esters is 1. The van der Waals surface area contributed by atoms with E-state index in [0.29, 0.717) is 6.61 Å². The third-order valence-corrected chi connectivity index (χ3v) is 2.78. The number of nitrogens with one attached hydrogen (secondary N) is 1.